The highest BCUT2D eigenvalue weighted by Gasteiger charge is 2.45. The van der Waals surface area contributed by atoms with Gasteiger partial charge >= 0.3 is 0 Å². The molecule has 5 N–H and O–H groups in total. The third-order valence-electron chi connectivity index (χ3n) is 2.88. The van der Waals surface area contributed by atoms with Crippen molar-refractivity contribution in [2.75, 3.05) is 13.2 Å². The van der Waals surface area contributed by atoms with Gasteiger partial charge in [0.2, 0.25) is 0 Å². The van der Waals surface area contributed by atoms with Crippen molar-refractivity contribution in [1.82, 2.24) is 0 Å². The summed E-state index contributed by atoms with van der Waals surface area (Å²) in [5.41, 5.74) is 0. The van der Waals surface area contributed by atoms with Crippen molar-refractivity contribution in [2.45, 2.75) is 42.7 Å². The minimum atomic E-state index is -1.64. The van der Waals surface area contributed by atoms with Crippen LogP contribution in [0, 0.1) is 0 Å². The Morgan fingerprint density at radius 3 is 1.25 bits per heavy atom. The SMILES string of the molecule is OC([C@H](O)[C@H](O)[C@@H]1CO1)[C@H](O)[C@H](O)[C@@H]1CO1. The van der Waals surface area contributed by atoms with Gasteiger partial charge in [-0.25, -0.2) is 0 Å². The molecule has 0 aromatic heterocycles. The van der Waals surface area contributed by atoms with Crippen LogP contribution in [0.1, 0.15) is 0 Å². The van der Waals surface area contributed by atoms with Crippen LogP contribution < -0.4 is 0 Å². The van der Waals surface area contributed by atoms with Gasteiger partial charge in [-0.1, -0.05) is 0 Å². The smallest absolute Gasteiger partial charge is 0.111 e. The Hall–Kier alpha value is -0.280. The number of ether oxygens (including phenoxy) is 2. The van der Waals surface area contributed by atoms with Gasteiger partial charge in [0.05, 0.1) is 13.2 Å². The van der Waals surface area contributed by atoms with E-state index < -0.39 is 42.7 Å². The second-order valence-electron chi connectivity index (χ2n) is 4.20. The number of aliphatic hydroxyl groups excluding tert-OH is 5. The maximum atomic E-state index is 9.55. The van der Waals surface area contributed by atoms with E-state index in [-0.39, 0.29) is 0 Å². The fourth-order valence-electron chi connectivity index (χ4n) is 1.55. The molecule has 0 unspecified atom stereocenters. The summed E-state index contributed by atoms with van der Waals surface area (Å²) in [4.78, 5) is 0. The van der Waals surface area contributed by atoms with Crippen molar-refractivity contribution in [3.8, 4) is 0 Å². The van der Waals surface area contributed by atoms with Crippen LogP contribution >= 0.6 is 0 Å². The normalized spacial score (nSPS) is 35.6. The van der Waals surface area contributed by atoms with Crippen LogP contribution in [0.15, 0.2) is 0 Å². The molecule has 0 bridgehead atoms. The van der Waals surface area contributed by atoms with Crippen molar-refractivity contribution in [2.24, 2.45) is 0 Å². The number of rotatable bonds is 6. The maximum Gasteiger partial charge on any atom is 0.111 e. The van der Waals surface area contributed by atoms with E-state index >= 15 is 0 Å². The second-order valence-corrected chi connectivity index (χ2v) is 4.20. The van der Waals surface area contributed by atoms with Gasteiger partial charge in [-0.05, 0) is 0 Å². The van der Waals surface area contributed by atoms with Gasteiger partial charge in [0, 0.05) is 0 Å². The third-order valence-corrected chi connectivity index (χ3v) is 2.88. The molecule has 0 aromatic rings. The number of hydrogen-bond donors (Lipinski definition) is 5. The first-order chi connectivity index (χ1) is 7.52. The van der Waals surface area contributed by atoms with E-state index in [1.807, 2.05) is 0 Å². The Morgan fingerprint density at radius 2 is 1.00 bits per heavy atom. The minimum absolute atomic E-state index is 0.315. The monoisotopic (exact) mass is 236 g/mol. The van der Waals surface area contributed by atoms with Crippen LogP contribution in [0.4, 0.5) is 0 Å². The van der Waals surface area contributed by atoms with Gasteiger partial charge in [0.25, 0.3) is 0 Å². The van der Waals surface area contributed by atoms with Crippen molar-refractivity contribution in [3.05, 3.63) is 0 Å². The quantitative estimate of drug-likeness (QED) is 0.304. The Morgan fingerprint density at radius 1 is 0.688 bits per heavy atom. The fraction of sp³-hybridized carbons (Fsp3) is 1.00. The molecule has 2 fully saturated rings. The average molecular weight is 236 g/mol. The first-order valence-corrected chi connectivity index (χ1v) is 5.16. The molecule has 0 radical (unpaired) electrons. The van der Waals surface area contributed by atoms with Crippen LogP contribution in [-0.4, -0.2) is 81.5 Å². The van der Waals surface area contributed by atoms with Crippen LogP contribution in [0.2, 0.25) is 0 Å². The molecule has 0 spiro atoms. The fourth-order valence-corrected chi connectivity index (χ4v) is 1.55. The van der Waals surface area contributed by atoms with Crippen molar-refractivity contribution in [3.63, 3.8) is 0 Å². The Balaban J connectivity index is 1.86. The minimum Gasteiger partial charge on any atom is -0.388 e. The van der Waals surface area contributed by atoms with E-state index in [1.165, 1.54) is 0 Å². The molecule has 94 valence electrons. The van der Waals surface area contributed by atoms with E-state index in [2.05, 4.69) is 0 Å². The summed E-state index contributed by atoms with van der Waals surface area (Å²) in [6, 6.07) is 0. The van der Waals surface area contributed by atoms with Gasteiger partial charge in [-0.3, -0.25) is 0 Å². The highest BCUT2D eigenvalue weighted by molar-refractivity contribution is 4.94. The topological polar surface area (TPSA) is 126 Å². The van der Waals surface area contributed by atoms with Crippen LogP contribution in [0.5, 0.6) is 0 Å². The number of epoxide rings is 2. The lowest BCUT2D eigenvalue weighted by atomic mass is 9.96. The average Bonchev–Trinajstić information content (AvgIpc) is 3.14. The summed E-state index contributed by atoms with van der Waals surface area (Å²) >= 11 is 0. The largest absolute Gasteiger partial charge is 0.388 e. The molecule has 0 amide bonds. The number of hydrogen-bond acceptors (Lipinski definition) is 7. The molecule has 7 nitrogen and oxygen atoms in total. The van der Waals surface area contributed by atoms with E-state index in [9.17, 15) is 25.5 Å². The molecule has 2 aliphatic rings. The second kappa shape index (κ2) is 4.53. The van der Waals surface area contributed by atoms with Gasteiger partial charge < -0.3 is 35.0 Å². The molecule has 2 aliphatic heterocycles. The lowest BCUT2D eigenvalue weighted by Crippen LogP contribution is -2.51. The predicted molar refractivity (Wildman–Crippen MR) is 49.5 cm³/mol. The van der Waals surface area contributed by atoms with E-state index in [1.54, 1.807) is 0 Å². The van der Waals surface area contributed by atoms with Crippen LogP contribution in [0.25, 0.3) is 0 Å². The van der Waals surface area contributed by atoms with E-state index in [0.29, 0.717) is 13.2 Å². The molecule has 2 rings (SSSR count). The Bertz CT molecular complexity index is 216. The summed E-state index contributed by atoms with van der Waals surface area (Å²) < 4.78 is 9.50. The lowest BCUT2D eigenvalue weighted by molar-refractivity contribution is -0.140. The van der Waals surface area contributed by atoms with Crippen LogP contribution in [-0.2, 0) is 9.47 Å². The molecule has 7 heteroatoms. The van der Waals surface area contributed by atoms with Gasteiger partial charge in [-0.2, -0.15) is 0 Å². The number of aliphatic hydroxyl groups is 5. The van der Waals surface area contributed by atoms with E-state index in [4.69, 9.17) is 9.47 Å². The molecule has 0 aliphatic carbocycles. The summed E-state index contributed by atoms with van der Waals surface area (Å²) in [5, 5.41) is 47.5. The molecule has 2 heterocycles. The first-order valence-electron chi connectivity index (χ1n) is 5.16. The Labute approximate surface area is 91.8 Å². The molecule has 6 atom stereocenters. The zero-order chi connectivity index (χ0) is 11.9. The highest BCUT2D eigenvalue weighted by Crippen LogP contribution is 2.23. The van der Waals surface area contributed by atoms with Crippen molar-refractivity contribution < 1.29 is 35.0 Å². The Kier molecular flexibility index (Phi) is 3.45. The van der Waals surface area contributed by atoms with Crippen LogP contribution in [0.3, 0.4) is 0 Å². The molecule has 0 saturated carbocycles. The highest BCUT2D eigenvalue weighted by atomic mass is 16.6. The van der Waals surface area contributed by atoms with Gasteiger partial charge in [0.1, 0.15) is 42.7 Å². The zero-order valence-electron chi connectivity index (χ0n) is 8.51. The maximum absolute atomic E-state index is 9.55. The van der Waals surface area contributed by atoms with Crippen molar-refractivity contribution in [1.29, 1.82) is 0 Å². The summed E-state index contributed by atoms with van der Waals surface area (Å²) in [5.74, 6) is 0. The predicted octanol–water partition coefficient (Wildman–Crippen LogP) is -3.41. The van der Waals surface area contributed by atoms with E-state index in [0.717, 1.165) is 0 Å². The first kappa shape index (κ1) is 12.2. The molecular weight excluding hydrogens is 220 g/mol. The molecule has 16 heavy (non-hydrogen) atoms. The van der Waals surface area contributed by atoms with Crippen molar-refractivity contribution >= 4 is 0 Å². The summed E-state index contributed by atoms with van der Waals surface area (Å²) in [7, 11) is 0. The van der Waals surface area contributed by atoms with Gasteiger partial charge in [-0.15, -0.1) is 0 Å². The zero-order valence-corrected chi connectivity index (χ0v) is 8.51. The summed E-state index contributed by atoms with van der Waals surface area (Å²) in [6.45, 7) is 0.630. The summed E-state index contributed by atoms with van der Waals surface area (Å²) in [6.07, 6.45) is -8.31. The molecule has 0 aromatic carbocycles. The molecular formula is C9H16O7. The lowest BCUT2D eigenvalue weighted by Gasteiger charge is -2.27. The standard InChI is InChI=1S/C9H16O7/c10-5(3-1-15-3)7(12)9(14)8(13)6(11)4-2-16-4/h3-14H,1-2H2/t3-,4-,5+,6+,7+,8+/m0/s1. The van der Waals surface area contributed by atoms with Gasteiger partial charge in [0.15, 0.2) is 0 Å². The molecule has 2 saturated heterocycles. The third kappa shape index (κ3) is 2.51.